The molecule has 0 atom stereocenters. The standard InChI is InChI=1S/C9H11N5O3S/c1-14-6-11-13-8(14)5-12-18(16,17)7-2-3-9(15)10-4-7/h2-4,6,12H,5H2,1H3,(H,10,15). The number of pyridine rings is 1. The van der Waals surface area contributed by atoms with E-state index in [1.165, 1.54) is 12.4 Å². The van der Waals surface area contributed by atoms with Gasteiger partial charge in [0.25, 0.3) is 0 Å². The summed E-state index contributed by atoms with van der Waals surface area (Å²) in [5, 5.41) is 7.39. The third-order valence-corrected chi connectivity index (χ3v) is 3.69. The van der Waals surface area contributed by atoms with E-state index in [9.17, 15) is 13.2 Å². The zero-order valence-corrected chi connectivity index (χ0v) is 10.3. The quantitative estimate of drug-likeness (QED) is 0.738. The Kier molecular flexibility index (Phi) is 3.26. The number of nitrogens with zero attached hydrogens (tertiary/aromatic N) is 3. The van der Waals surface area contributed by atoms with E-state index >= 15 is 0 Å². The Morgan fingerprint density at radius 3 is 2.78 bits per heavy atom. The van der Waals surface area contributed by atoms with Crippen LogP contribution < -0.4 is 10.3 Å². The molecule has 0 saturated carbocycles. The van der Waals surface area contributed by atoms with Crippen LogP contribution in [0.1, 0.15) is 5.82 Å². The first-order valence-electron chi connectivity index (χ1n) is 5.00. The molecule has 18 heavy (non-hydrogen) atoms. The van der Waals surface area contributed by atoms with E-state index in [0.717, 1.165) is 12.3 Å². The first kappa shape index (κ1) is 12.5. The molecule has 0 fully saturated rings. The molecule has 0 unspecified atom stereocenters. The highest BCUT2D eigenvalue weighted by atomic mass is 32.2. The first-order chi connectivity index (χ1) is 8.49. The second-order valence-corrected chi connectivity index (χ2v) is 5.34. The highest BCUT2D eigenvalue weighted by Gasteiger charge is 2.14. The fourth-order valence-electron chi connectivity index (χ4n) is 1.27. The lowest BCUT2D eigenvalue weighted by molar-refractivity contribution is 0.577. The Hall–Kier alpha value is -2.00. The molecule has 0 radical (unpaired) electrons. The summed E-state index contributed by atoms with van der Waals surface area (Å²) in [7, 11) is -1.96. The van der Waals surface area contributed by atoms with Gasteiger partial charge in [0.2, 0.25) is 15.6 Å². The second-order valence-electron chi connectivity index (χ2n) is 3.57. The maximum absolute atomic E-state index is 11.9. The summed E-state index contributed by atoms with van der Waals surface area (Å²) in [6, 6.07) is 2.38. The number of H-pyrrole nitrogens is 1. The zero-order chi connectivity index (χ0) is 13.2. The minimum absolute atomic E-state index is 0.00994. The van der Waals surface area contributed by atoms with Gasteiger partial charge in [-0.05, 0) is 6.07 Å². The van der Waals surface area contributed by atoms with Crippen LogP contribution in [0.2, 0.25) is 0 Å². The molecule has 0 aromatic carbocycles. The van der Waals surface area contributed by atoms with Crippen molar-refractivity contribution in [2.24, 2.45) is 7.05 Å². The molecule has 2 aromatic rings. The lowest BCUT2D eigenvalue weighted by atomic mass is 10.5. The molecule has 96 valence electrons. The van der Waals surface area contributed by atoms with Gasteiger partial charge in [0.05, 0.1) is 11.4 Å². The predicted molar refractivity (Wildman–Crippen MR) is 62.1 cm³/mol. The van der Waals surface area contributed by atoms with Gasteiger partial charge in [0, 0.05) is 19.3 Å². The van der Waals surface area contributed by atoms with Crippen molar-refractivity contribution in [3.63, 3.8) is 0 Å². The van der Waals surface area contributed by atoms with Gasteiger partial charge in [0.1, 0.15) is 12.2 Å². The number of aromatic nitrogens is 4. The summed E-state index contributed by atoms with van der Waals surface area (Å²) in [6.45, 7) is 0.0258. The fraction of sp³-hybridized carbons (Fsp3) is 0.222. The maximum Gasteiger partial charge on any atom is 0.247 e. The molecule has 2 heterocycles. The molecule has 0 bridgehead atoms. The summed E-state index contributed by atoms with van der Waals surface area (Å²) in [5.74, 6) is 0.489. The van der Waals surface area contributed by atoms with Crippen molar-refractivity contribution in [3.8, 4) is 0 Å². The van der Waals surface area contributed by atoms with E-state index in [1.807, 2.05) is 0 Å². The van der Waals surface area contributed by atoms with Crippen LogP contribution in [0.25, 0.3) is 0 Å². The monoisotopic (exact) mass is 269 g/mol. The van der Waals surface area contributed by atoms with Crippen LogP contribution in [0.15, 0.2) is 34.3 Å². The van der Waals surface area contributed by atoms with E-state index in [0.29, 0.717) is 5.82 Å². The van der Waals surface area contributed by atoms with Crippen molar-refractivity contribution < 1.29 is 8.42 Å². The van der Waals surface area contributed by atoms with Gasteiger partial charge >= 0.3 is 0 Å². The highest BCUT2D eigenvalue weighted by molar-refractivity contribution is 7.89. The van der Waals surface area contributed by atoms with Gasteiger partial charge in [-0.15, -0.1) is 10.2 Å². The van der Waals surface area contributed by atoms with Gasteiger partial charge in [-0.3, -0.25) is 4.79 Å². The third-order valence-electron chi connectivity index (χ3n) is 2.29. The highest BCUT2D eigenvalue weighted by Crippen LogP contribution is 2.04. The lowest BCUT2D eigenvalue weighted by Crippen LogP contribution is -2.25. The number of aryl methyl sites for hydroxylation is 1. The van der Waals surface area contributed by atoms with E-state index in [2.05, 4.69) is 19.9 Å². The normalized spacial score (nSPS) is 11.6. The summed E-state index contributed by atoms with van der Waals surface area (Å²) in [6.07, 6.45) is 2.62. The SMILES string of the molecule is Cn1cnnc1CNS(=O)(=O)c1ccc(=O)[nH]c1. The smallest absolute Gasteiger partial charge is 0.247 e. The minimum Gasteiger partial charge on any atom is -0.328 e. The van der Waals surface area contributed by atoms with E-state index < -0.39 is 10.0 Å². The van der Waals surface area contributed by atoms with Crippen molar-refractivity contribution in [2.75, 3.05) is 0 Å². The predicted octanol–water partition coefficient (Wildman–Crippen LogP) is -1.02. The molecule has 0 saturated heterocycles. The molecule has 0 aliphatic heterocycles. The first-order valence-corrected chi connectivity index (χ1v) is 6.48. The van der Waals surface area contributed by atoms with Crippen molar-refractivity contribution in [1.29, 1.82) is 0 Å². The van der Waals surface area contributed by atoms with Crippen LogP contribution in [0, 0.1) is 0 Å². The van der Waals surface area contributed by atoms with Gasteiger partial charge in [-0.1, -0.05) is 0 Å². The molecule has 2 aromatic heterocycles. The van der Waals surface area contributed by atoms with Gasteiger partial charge in [-0.25, -0.2) is 13.1 Å². The van der Waals surface area contributed by atoms with Gasteiger partial charge in [0.15, 0.2) is 0 Å². The van der Waals surface area contributed by atoms with Gasteiger partial charge < -0.3 is 9.55 Å². The van der Waals surface area contributed by atoms with E-state index in [-0.39, 0.29) is 17.0 Å². The van der Waals surface area contributed by atoms with Crippen LogP contribution in [-0.4, -0.2) is 28.2 Å². The lowest BCUT2D eigenvalue weighted by Gasteiger charge is -2.05. The Morgan fingerprint density at radius 1 is 1.44 bits per heavy atom. The van der Waals surface area contributed by atoms with E-state index in [1.54, 1.807) is 11.6 Å². The number of sulfonamides is 1. The van der Waals surface area contributed by atoms with Gasteiger partial charge in [-0.2, -0.15) is 0 Å². The summed E-state index contributed by atoms with van der Waals surface area (Å²) >= 11 is 0. The van der Waals surface area contributed by atoms with Crippen molar-refractivity contribution in [3.05, 3.63) is 40.8 Å². The molecule has 0 spiro atoms. The van der Waals surface area contributed by atoms with Crippen molar-refractivity contribution in [1.82, 2.24) is 24.5 Å². The molecule has 2 N–H and O–H groups in total. The largest absolute Gasteiger partial charge is 0.328 e. The van der Waals surface area contributed by atoms with Crippen LogP contribution in [0.4, 0.5) is 0 Å². The van der Waals surface area contributed by atoms with E-state index in [4.69, 9.17) is 0 Å². The summed E-state index contributed by atoms with van der Waals surface area (Å²) < 4.78 is 27.7. The zero-order valence-electron chi connectivity index (χ0n) is 9.49. The minimum atomic E-state index is -3.67. The fourth-order valence-corrected chi connectivity index (χ4v) is 2.22. The number of hydrogen-bond donors (Lipinski definition) is 2. The topological polar surface area (TPSA) is 110 Å². The molecule has 0 aliphatic rings. The Balaban J connectivity index is 2.15. The van der Waals surface area contributed by atoms with Crippen LogP contribution in [0.3, 0.4) is 0 Å². The maximum atomic E-state index is 11.9. The summed E-state index contributed by atoms with van der Waals surface area (Å²) in [4.78, 5) is 13.1. The Morgan fingerprint density at radius 2 is 2.22 bits per heavy atom. The Bertz CT molecular complexity index is 682. The molecule has 9 heteroatoms. The van der Waals surface area contributed by atoms with Crippen molar-refractivity contribution in [2.45, 2.75) is 11.4 Å². The average Bonchev–Trinajstić information content (AvgIpc) is 2.73. The molecular weight excluding hydrogens is 258 g/mol. The number of aromatic amines is 1. The van der Waals surface area contributed by atoms with Crippen molar-refractivity contribution >= 4 is 10.0 Å². The average molecular weight is 269 g/mol. The number of hydrogen-bond acceptors (Lipinski definition) is 5. The third kappa shape index (κ3) is 2.63. The molecule has 0 aliphatic carbocycles. The second kappa shape index (κ2) is 4.70. The summed E-state index contributed by atoms with van der Waals surface area (Å²) in [5.41, 5.74) is -0.359. The number of nitrogens with one attached hydrogen (secondary N) is 2. The molecule has 2 rings (SSSR count). The molecule has 0 amide bonds. The van der Waals surface area contributed by atoms with Crippen LogP contribution >= 0.6 is 0 Å². The van der Waals surface area contributed by atoms with Crippen LogP contribution in [0.5, 0.6) is 0 Å². The molecular formula is C9H11N5O3S. The number of rotatable bonds is 4. The molecule has 8 nitrogen and oxygen atoms in total. The Labute approximate surface area is 103 Å². The van der Waals surface area contributed by atoms with Crippen LogP contribution in [-0.2, 0) is 23.6 Å².